The van der Waals surface area contributed by atoms with Crippen molar-refractivity contribution < 1.29 is 14.2 Å². The third-order valence-electron chi connectivity index (χ3n) is 3.94. The standard InChI is InChI=1S/C18H22FN3O2Si/c1-25(2,3)9-8-24-12-22-16-5-4-14(23)11-15(16)18(21-22)13-6-7-20-17(19)10-13/h4-7,10-11,23H,8-9,12H2,1-3H3. The largest absolute Gasteiger partial charge is 0.508 e. The fourth-order valence-electron chi connectivity index (χ4n) is 2.56. The highest BCUT2D eigenvalue weighted by Crippen LogP contribution is 2.30. The number of aromatic hydroxyl groups is 1. The van der Waals surface area contributed by atoms with Gasteiger partial charge in [-0.3, -0.25) is 0 Å². The summed E-state index contributed by atoms with van der Waals surface area (Å²) in [4.78, 5) is 3.58. The van der Waals surface area contributed by atoms with Gasteiger partial charge in [-0.25, -0.2) is 9.67 Å². The molecule has 0 fully saturated rings. The van der Waals surface area contributed by atoms with Crippen LogP contribution in [0.15, 0.2) is 36.5 Å². The highest BCUT2D eigenvalue weighted by Gasteiger charge is 2.15. The van der Waals surface area contributed by atoms with E-state index < -0.39 is 14.0 Å². The fraction of sp³-hybridized carbons (Fsp3) is 0.333. The predicted molar refractivity (Wildman–Crippen MR) is 98.7 cm³/mol. The SMILES string of the molecule is C[Si](C)(C)CCOCn1nc(-c2ccnc(F)c2)c2cc(O)ccc21. The van der Waals surface area contributed by atoms with E-state index in [0.29, 0.717) is 24.6 Å². The Hall–Kier alpha value is -2.25. The Labute approximate surface area is 147 Å². The molecule has 0 spiro atoms. The molecule has 0 aliphatic rings. The number of fused-ring (bicyclic) bond motifs is 1. The maximum absolute atomic E-state index is 13.5. The van der Waals surface area contributed by atoms with E-state index in [1.54, 1.807) is 28.9 Å². The quantitative estimate of drug-likeness (QED) is 0.406. The predicted octanol–water partition coefficient (Wildman–Crippen LogP) is 4.26. The number of ether oxygens (including phenoxy) is 1. The van der Waals surface area contributed by atoms with Crippen LogP contribution in [-0.2, 0) is 11.5 Å². The van der Waals surface area contributed by atoms with E-state index in [4.69, 9.17) is 4.74 Å². The van der Waals surface area contributed by atoms with E-state index in [0.717, 1.165) is 16.9 Å². The van der Waals surface area contributed by atoms with Crippen LogP contribution in [0.4, 0.5) is 4.39 Å². The van der Waals surface area contributed by atoms with Crippen LogP contribution < -0.4 is 0 Å². The topological polar surface area (TPSA) is 60.2 Å². The van der Waals surface area contributed by atoms with Crippen molar-refractivity contribution in [2.45, 2.75) is 32.4 Å². The van der Waals surface area contributed by atoms with Gasteiger partial charge in [0, 0.05) is 37.9 Å². The van der Waals surface area contributed by atoms with E-state index >= 15 is 0 Å². The van der Waals surface area contributed by atoms with Crippen LogP contribution in [0.2, 0.25) is 25.7 Å². The van der Waals surface area contributed by atoms with Crippen molar-refractivity contribution in [3.05, 3.63) is 42.5 Å². The second-order valence-electron chi connectivity index (χ2n) is 7.26. The fourth-order valence-corrected chi connectivity index (χ4v) is 3.31. The number of rotatable bonds is 6. The van der Waals surface area contributed by atoms with Gasteiger partial charge < -0.3 is 9.84 Å². The molecule has 1 N–H and O–H groups in total. The first-order valence-electron chi connectivity index (χ1n) is 8.23. The molecule has 0 saturated carbocycles. The Kier molecular flexibility index (Phi) is 4.87. The Morgan fingerprint density at radius 3 is 2.72 bits per heavy atom. The number of hydrogen-bond donors (Lipinski definition) is 1. The molecule has 2 heterocycles. The molecular formula is C18H22FN3O2Si. The summed E-state index contributed by atoms with van der Waals surface area (Å²) in [5.41, 5.74) is 2.04. The maximum Gasteiger partial charge on any atom is 0.213 e. The van der Waals surface area contributed by atoms with Gasteiger partial charge in [0.05, 0.1) is 5.52 Å². The highest BCUT2D eigenvalue weighted by atomic mass is 28.3. The molecule has 0 bridgehead atoms. The second-order valence-corrected chi connectivity index (χ2v) is 12.9. The number of halogens is 1. The molecule has 0 aliphatic carbocycles. The lowest BCUT2D eigenvalue weighted by Crippen LogP contribution is -2.22. The molecule has 0 atom stereocenters. The van der Waals surface area contributed by atoms with Gasteiger partial charge >= 0.3 is 0 Å². The average Bonchev–Trinajstić information content (AvgIpc) is 2.88. The third kappa shape index (κ3) is 4.24. The Bertz CT molecular complexity index is 890. The number of pyridine rings is 1. The zero-order chi connectivity index (χ0) is 18.0. The average molecular weight is 359 g/mol. The minimum absolute atomic E-state index is 0.141. The zero-order valence-electron chi connectivity index (χ0n) is 14.7. The lowest BCUT2D eigenvalue weighted by Gasteiger charge is -2.15. The smallest absolute Gasteiger partial charge is 0.213 e. The third-order valence-corrected chi connectivity index (χ3v) is 5.65. The van der Waals surface area contributed by atoms with Crippen LogP contribution in [-0.4, -0.2) is 34.6 Å². The molecule has 3 rings (SSSR count). The highest BCUT2D eigenvalue weighted by molar-refractivity contribution is 6.76. The maximum atomic E-state index is 13.5. The summed E-state index contributed by atoms with van der Waals surface area (Å²) in [5, 5.41) is 15.1. The summed E-state index contributed by atoms with van der Waals surface area (Å²) in [6.45, 7) is 7.92. The number of benzene rings is 1. The number of phenolic OH excluding ortho intramolecular Hbond substituents is 1. The van der Waals surface area contributed by atoms with Crippen LogP contribution in [0.1, 0.15) is 0 Å². The Morgan fingerprint density at radius 1 is 1.20 bits per heavy atom. The lowest BCUT2D eigenvalue weighted by atomic mass is 10.1. The van der Waals surface area contributed by atoms with Crippen LogP contribution in [0.3, 0.4) is 0 Å². The van der Waals surface area contributed by atoms with Crippen molar-refractivity contribution in [2.24, 2.45) is 0 Å². The zero-order valence-corrected chi connectivity index (χ0v) is 15.7. The van der Waals surface area contributed by atoms with Gasteiger partial charge in [-0.05, 0) is 30.3 Å². The molecule has 0 radical (unpaired) electrons. The number of hydrogen-bond acceptors (Lipinski definition) is 4. The molecule has 25 heavy (non-hydrogen) atoms. The van der Waals surface area contributed by atoms with Crippen molar-refractivity contribution in [1.82, 2.24) is 14.8 Å². The van der Waals surface area contributed by atoms with Gasteiger partial charge in [0.2, 0.25) is 5.95 Å². The van der Waals surface area contributed by atoms with Crippen LogP contribution in [0.5, 0.6) is 5.75 Å². The first-order chi connectivity index (χ1) is 11.8. The molecule has 5 nitrogen and oxygen atoms in total. The summed E-state index contributed by atoms with van der Waals surface area (Å²) in [6.07, 6.45) is 1.41. The van der Waals surface area contributed by atoms with Crippen LogP contribution in [0, 0.1) is 5.95 Å². The van der Waals surface area contributed by atoms with Crippen molar-refractivity contribution >= 4 is 19.0 Å². The molecule has 3 aromatic rings. The van der Waals surface area contributed by atoms with Crippen molar-refractivity contribution in [3.8, 4) is 17.0 Å². The van der Waals surface area contributed by atoms with E-state index in [1.807, 2.05) is 0 Å². The van der Waals surface area contributed by atoms with E-state index in [1.165, 1.54) is 12.3 Å². The molecule has 132 valence electrons. The molecule has 2 aromatic heterocycles. The summed E-state index contributed by atoms with van der Waals surface area (Å²) >= 11 is 0. The molecular weight excluding hydrogens is 337 g/mol. The van der Waals surface area contributed by atoms with E-state index in [2.05, 4.69) is 29.7 Å². The Morgan fingerprint density at radius 2 is 2.00 bits per heavy atom. The van der Waals surface area contributed by atoms with Gasteiger partial charge in [-0.15, -0.1) is 0 Å². The number of phenols is 1. The van der Waals surface area contributed by atoms with E-state index in [-0.39, 0.29) is 5.75 Å². The lowest BCUT2D eigenvalue weighted by molar-refractivity contribution is 0.0818. The minimum atomic E-state index is -1.15. The molecule has 0 unspecified atom stereocenters. The molecule has 0 saturated heterocycles. The van der Waals surface area contributed by atoms with Crippen LogP contribution >= 0.6 is 0 Å². The molecule has 7 heteroatoms. The van der Waals surface area contributed by atoms with Gasteiger partial charge in [0.25, 0.3) is 0 Å². The normalized spacial score (nSPS) is 12.0. The summed E-state index contributed by atoms with van der Waals surface area (Å²) in [5.74, 6) is -0.422. The number of aromatic nitrogens is 3. The minimum Gasteiger partial charge on any atom is -0.508 e. The van der Waals surface area contributed by atoms with Gasteiger partial charge in [0.1, 0.15) is 18.2 Å². The van der Waals surface area contributed by atoms with Crippen molar-refractivity contribution in [1.29, 1.82) is 0 Å². The molecule has 1 aromatic carbocycles. The Balaban J connectivity index is 1.92. The first kappa shape index (κ1) is 17.6. The van der Waals surface area contributed by atoms with Gasteiger partial charge in [-0.1, -0.05) is 19.6 Å². The summed E-state index contributed by atoms with van der Waals surface area (Å²) in [7, 11) is -1.15. The number of nitrogens with zero attached hydrogens (tertiary/aromatic N) is 3. The summed E-state index contributed by atoms with van der Waals surface area (Å²) in [6, 6.07) is 9.15. The van der Waals surface area contributed by atoms with Crippen molar-refractivity contribution in [2.75, 3.05) is 6.61 Å². The molecule has 0 amide bonds. The van der Waals surface area contributed by atoms with Gasteiger partial charge in [-0.2, -0.15) is 9.49 Å². The molecule has 0 aliphatic heterocycles. The monoisotopic (exact) mass is 359 g/mol. The van der Waals surface area contributed by atoms with Crippen molar-refractivity contribution in [3.63, 3.8) is 0 Å². The summed E-state index contributed by atoms with van der Waals surface area (Å²) < 4.78 is 21.0. The first-order valence-corrected chi connectivity index (χ1v) is 11.9. The van der Waals surface area contributed by atoms with Gasteiger partial charge in [0.15, 0.2) is 0 Å². The second kappa shape index (κ2) is 6.93. The van der Waals surface area contributed by atoms with E-state index in [9.17, 15) is 9.50 Å². The van der Waals surface area contributed by atoms with Crippen LogP contribution in [0.25, 0.3) is 22.2 Å².